The van der Waals surface area contributed by atoms with Gasteiger partial charge in [0, 0.05) is 13.1 Å². The lowest BCUT2D eigenvalue weighted by Gasteiger charge is -2.15. The predicted molar refractivity (Wildman–Crippen MR) is 103 cm³/mol. The Morgan fingerprint density at radius 2 is 1.92 bits per heavy atom. The molecule has 0 aliphatic rings. The topological polar surface area (TPSA) is 64.0 Å². The molecule has 25 heavy (non-hydrogen) atoms. The van der Waals surface area contributed by atoms with Gasteiger partial charge in [-0.05, 0) is 43.7 Å². The molecule has 130 valence electrons. The average molecular weight is 355 g/mol. The Labute approximate surface area is 150 Å². The normalized spacial score (nSPS) is 12.4. The Hall–Kier alpha value is -2.34. The highest BCUT2D eigenvalue weighted by Crippen LogP contribution is 2.25. The summed E-state index contributed by atoms with van der Waals surface area (Å²) in [6.07, 6.45) is 0. The van der Waals surface area contributed by atoms with Crippen molar-refractivity contribution in [2.24, 2.45) is 0 Å². The first kappa shape index (κ1) is 17.5. The van der Waals surface area contributed by atoms with Crippen molar-refractivity contribution in [2.45, 2.75) is 37.7 Å². The van der Waals surface area contributed by atoms with Crippen LogP contribution in [-0.2, 0) is 11.3 Å². The Balaban J connectivity index is 2.13. The molecule has 1 heterocycles. The van der Waals surface area contributed by atoms with E-state index in [9.17, 15) is 9.59 Å². The molecule has 0 saturated heterocycles. The van der Waals surface area contributed by atoms with Gasteiger partial charge >= 0.3 is 0 Å². The average Bonchev–Trinajstić information content (AvgIpc) is 2.61. The Bertz CT molecular complexity index is 997. The largest absolute Gasteiger partial charge is 0.355 e. The first-order chi connectivity index (χ1) is 12.0. The lowest BCUT2D eigenvalue weighted by Crippen LogP contribution is -2.31. The van der Waals surface area contributed by atoms with E-state index in [0.29, 0.717) is 29.1 Å². The van der Waals surface area contributed by atoms with Crippen molar-refractivity contribution in [1.82, 2.24) is 14.9 Å². The molecular formula is C19H21N3O2S. The lowest BCUT2D eigenvalue weighted by atomic mass is 10.1. The van der Waals surface area contributed by atoms with Crippen LogP contribution in [-0.4, -0.2) is 27.3 Å². The molecule has 3 rings (SSSR count). The zero-order chi connectivity index (χ0) is 18.0. The summed E-state index contributed by atoms with van der Waals surface area (Å²) in [5.74, 6) is -0.0528. The molecule has 0 unspecified atom stereocenters. The number of carbonyl (C=O) groups is 1. The number of rotatable bonds is 5. The van der Waals surface area contributed by atoms with Crippen LogP contribution >= 0.6 is 11.8 Å². The minimum absolute atomic E-state index is 0.0528. The molecule has 0 spiro atoms. The zero-order valence-corrected chi connectivity index (χ0v) is 15.4. The fourth-order valence-corrected chi connectivity index (χ4v) is 3.78. The second kappa shape index (κ2) is 7.27. The Morgan fingerprint density at radius 3 is 2.56 bits per heavy atom. The van der Waals surface area contributed by atoms with Crippen LogP contribution in [0.3, 0.4) is 0 Å². The van der Waals surface area contributed by atoms with Crippen molar-refractivity contribution in [1.29, 1.82) is 0 Å². The van der Waals surface area contributed by atoms with E-state index >= 15 is 0 Å². The fourth-order valence-electron chi connectivity index (χ4n) is 2.79. The molecule has 5 nitrogen and oxygen atoms in total. The van der Waals surface area contributed by atoms with Gasteiger partial charge in [0.2, 0.25) is 5.91 Å². The number of benzene rings is 2. The first-order valence-electron chi connectivity index (χ1n) is 8.42. The maximum Gasteiger partial charge on any atom is 0.262 e. The molecule has 2 aromatic carbocycles. The van der Waals surface area contributed by atoms with Crippen molar-refractivity contribution in [3.8, 4) is 0 Å². The number of fused-ring (bicyclic) bond motifs is 2. The second-order valence-electron chi connectivity index (χ2n) is 5.81. The number of hydrogen-bond acceptors (Lipinski definition) is 4. The van der Waals surface area contributed by atoms with Crippen molar-refractivity contribution in [2.75, 3.05) is 6.54 Å². The minimum atomic E-state index is -0.317. The summed E-state index contributed by atoms with van der Waals surface area (Å²) in [5, 5.41) is 5.74. The van der Waals surface area contributed by atoms with Crippen molar-refractivity contribution in [3.05, 3.63) is 46.8 Å². The number of amides is 1. The van der Waals surface area contributed by atoms with E-state index in [1.54, 1.807) is 4.57 Å². The maximum absolute atomic E-state index is 12.9. The molecule has 0 radical (unpaired) electrons. The van der Waals surface area contributed by atoms with Crippen LogP contribution in [0.4, 0.5) is 0 Å². The van der Waals surface area contributed by atoms with E-state index in [4.69, 9.17) is 0 Å². The van der Waals surface area contributed by atoms with Crippen LogP contribution in [0.15, 0.2) is 46.3 Å². The zero-order valence-electron chi connectivity index (χ0n) is 14.6. The highest BCUT2D eigenvalue weighted by Gasteiger charge is 2.18. The molecule has 1 N–H and O–H groups in total. The highest BCUT2D eigenvalue weighted by molar-refractivity contribution is 8.00. The van der Waals surface area contributed by atoms with E-state index in [-0.39, 0.29) is 16.7 Å². The number of nitrogens with one attached hydrogen (secondary N) is 1. The maximum atomic E-state index is 12.9. The van der Waals surface area contributed by atoms with Gasteiger partial charge in [-0.1, -0.05) is 36.0 Å². The molecular weight excluding hydrogens is 334 g/mol. The van der Waals surface area contributed by atoms with Gasteiger partial charge in [0.1, 0.15) is 0 Å². The van der Waals surface area contributed by atoms with Gasteiger partial charge in [-0.2, -0.15) is 0 Å². The van der Waals surface area contributed by atoms with Crippen molar-refractivity contribution in [3.63, 3.8) is 0 Å². The van der Waals surface area contributed by atoms with E-state index in [1.165, 1.54) is 11.8 Å². The number of aromatic nitrogens is 2. The molecule has 1 atom stereocenters. The molecule has 0 aliphatic carbocycles. The quantitative estimate of drug-likeness (QED) is 0.434. The molecule has 1 amide bonds. The minimum Gasteiger partial charge on any atom is -0.355 e. The number of thioether (sulfide) groups is 1. The van der Waals surface area contributed by atoms with Gasteiger partial charge in [0.25, 0.3) is 5.56 Å². The molecule has 0 saturated carbocycles. The summed E-state index contributed by atoms with van der Waals surface area (Å²) in [5.41, 5.74) is 0.600. The standard InChI is InChI=1S/C19H21N3O2S/c1-4-20-17(23)12(3)25-19-21-16-11-14-9-7-6-8-13(14)10-15(16)18(24)22(19)5-2/h6-12H,4-5H2,1-3H3,(H,20,23)/t12-/m1/s1. The van der Waals surface area contributed by atoms with E-state index < -0.39 is 0 Å². The first-order valence-corrected chi connectivity index (χ1v) is 9.30. The van der Waals surface area contributed by atoms with Gasteiger partial charge < -0.3 is 5.32 Å². The summed E-state index contributed by atoms with van der Waals surface area (Å²) in [7, 11) is 0. The summed E-state index contributed by atoms with van der Waals surface area (Å²) in [6.45, 7) is 6.72. The number of carbonyl (C=O) groups excluding carboxylic acids is 1. The third kappa shape index (κ3) is 3.39. The third-order valence-electron chi connectivity index (χ3n) is 4.11. The fraction of sp³-hybridized carbons (Fsp3) is 0.316. The highest BCUT2D eigenvalue weighted by atomic mass is 32.2. The number of nitrogens with zero attached hydrogens (tertiary/aromatic N) is 2. The molecule has 0 aliphatic heterocycles. The van der Waals surface area contributed by atoms with Gasteiger partial charge in [0.15, 0.2) is 5.16 Å². The van der Waals surface area contributed by atoms with Crippen molar-refractivity contribution < 1.29 is 4.79 Å². The lowest BCUT2D eigenvalue weighted by molar-refractivity contribution is -0.120. The predicted octanol–water partition coefficient (Wildman–Crippen LogP) is 3.19. The summed E-state index contributed by atoms with van der Waals surface area (Å²) in [4.78, 5) is 29.6. The van der Waals surface area contributed by atoms with Crippen LogP contribution < -0.4 is 10.9 Å². The van der Waals surface area contributed by atoms with Crippen LogP contribution in [0.1, 0.15) is 20.8 Å². The summed E-state index contributed by atoms with van der Waals surface area (Å²) < 4.78 is 1.64. The number of hydrogen-bond donors (Lipinski definition) is 1. The van der Waals surface area contributed by atoms with Gasteiger partial charge in [-0.3, -0.25) is 14.2 Å². The molecule has 3 aromatic rings. The SMILES string of the molecule is CCNC(=O)[C@@H](C)Sc1nc2cc3ccccc3cc2c(=O)n1CC. The monoisotopic (exact) mass is 355 g/mol. The van der Waals surface area contributed by atoms with Crippen LogP contribution in [0, 0.1) is 0 Å². The second-order valence-corrected chi connectivity index (χ2v) is 7.12. The molecule has 1 aromatic heterocycles. The molecule has 6 heteroatoms. The van der Waals surface area contributed by atoms with Gasteiger partial charge in [0.05, 0.1) is 16.2 Å². The van der Waals surface area contributed by atoms with E-state index in [2.05, 4.69) is 10.3 Å². The van der Waals surface area contributed by atoms with Crippen LogP contribution in [0.25, 0.3) is 21.7 Å². The summed E-state index contributed by atoms with van der Waals surface area (Å²) in [6, 6.07) is 11.8. The van der Waals surface area contributed by atoms with Gasteiger partial charge in [-0.25, -0.2) is 4.98 Å². The Morgan fingerprint density at radius 1 is 1.24 bits per heavy atom. The smallest absolute Gasteiger partial charge is 0.262 e. The van der Waals surface area contributed by atoms with E-state index in [1.807, 2.05) is 57.2 Å². The van der Waals surface area contributed by atoms with E-state index in [0.717, 1.165) is 10.8 Å². The van der Waals surface area contributed by atoms with Crippen LogP contribution in [0.2, 0.25) is 0 Å². The molecule has 0 fully saturated rings. The Kier molecular flexibility index (Phi) is 5.08. The van der Waals surface area contributed by atoms with Crippen LogP contribution in [0.5, 0.6) is 0 Å². The third-order valence-corrected chi connectivity index (χ3v) is 5.20. The summed E-state index contributed by atoms with van der Waals surface area (Å²) >= 11 is 1.32. The van der Waals surface area contributed by atoms with Crippen molar-refractivity contribution >= 4 is 39.3 Å². The van der Waals surface area contributed by atoms with Gasteiger partial charge in [-0.15, -0.1) is 0 Å². The molecule has 0 bridgehead atoms.